The average Bonchev–Trinajstić information content (AvgIpc) is 2.37. The van der Waals surface area contributed by atoms with Gasteiger partial charge in [0.05, 0.1) is 0 Å². The van der Waals surface area contributed by atoms with E-state index < -0.39 is 0 Å². The lowest BCUT2D eigenvalue weighted by Gasteiger charge is -2.43. The van der Waals surface area contributed by atoms with E-state index >= 15 is 0 Å². The minimum atomic E-state index is -0.227. The Morgan fingerprint density at radius 3 is 2.42 bits per heavy atom. The van der Waals surface area contributed by atoms with Crippen molar-refractivity contribution >= 4 is 17.7 Å². The summed E-state index contributed by atoms with van der Waals surface area (Å²) in [6.45, 7) is 12.7. The van der Waals surface area contributed by atoms with Crippen LogP contribution >= 0.6 is 11.8 Å². The van der Waals surface area contributed by atoms with E-state index in [0.29, 0.717) is 22.3 Å². The molecule has 2 fully saturated rings. The Morgan fingerprint density at radius 1 is 1.26 bits per heavy atom. The van der Waals surface area contributed by atoms with Crippen molar-refractivity contribution in [2.45, 2.75) is 51.0 Å². The minimum absolute atomic E-state index is 0.227. The van der Waals surface area contributed by atoms with Crippen molar-refractivity contribution in [1.82, 2.24) is 10.2 Å². The first kappa shape index (κ1) is 15.2. The maximum Gasteiger partial charge on any atom is 0.228 e. The van der Waals surface area contributed by atoms with Crippen molar-refractivity contribution in [2.24, 2.45) is 11.3 Å². The Balaban J connectivity index is 2.04. The molecule has 2 rings (SSSR count). The van der Waals surface area contributed by atoms with Crippen LogP contribution in [0.5, 0.6) is 0 Å². The monoisotopic (exact) mass is 284 g/mol. The number of thioether (sulfide) groups is 1. The van der Waals surface area contributed by atoms with Crippen molar-refractivity contribution in [3.05, 3.63) is 0 Å². The molecule has 0 aliphatic carbocycles. The molecule has 0 spiro atoms. The van der Waals surface area contributed by atoms with Crippen LogP contribution in [0.2, 0.25) is 0 Å². The molecule has 0 saturated carbocycles. The second-order valence-corrected chi connectivity index (χ2v) is 8.61. The summed E-state index contributed by atoms with van der Waals surface area (Å²) in [6.07, 6.45) is 2.38. The zero-order valence-corrected chi connectivity index (χ0v) is 13.6. The number of hydrogen-bond donors (Lipinski definition) is 1. The first-order valence-corrected chi connectivity index (χ1v) is 8.51. The maximum atomic E-state index is 12.9. The maximum absolute atomic E-state index is 12.9. The van der Waals surface area contributed by atoms with Crippen molar-refractivity contribution in [3.63, 3.8) is 0 Å². The quantitative estimate of drug-likeness (QED) is 0.845. The van der Waals surface area contributed by atoms with Gasteiger partial charge in [0.15, 0.2) is 0 Å². The molecular weight excluding hydrogens is 256 g/mol. The van der Waals surface area contributed by atoms with Crippen LogP contribution in [-0.4, -0.2) is 47.5 Å². The fourth-order valence-corrected chi connectivity index (χ4v) is 4.72. The topological polar surface area (TPSA) is 32.3 Å². The van der Waals surface area contributed by atoms with Crippen molar-refractivity contribution in [1.29, 1.82) is 0 Å². The average molecular weight is 284 g/mol. The van der Waals surface area contributed by atoms with Crippen LogP contribution in [0.3, 0.4) is 0 Å². The minimum Gasteiger partial charge on any atom is -0.340 e. The van der Waals surface area contributed by atoms with E-state index in [0.717, 1.165) is 26.2 Å². The summed E-state index contributed by atoms with van der Waals surface area (Å²) in [5.41, 5.74) is -0.227. The van der Waals surface area contributed by atoms with Gasteiger partial charge in [0.2, 0.25) is 5.91 Å². The van der Waals surface area contributed by atoms with E-state index in [9.17, 15) is 4.79 Å². The molecule has 0 radical (unpaired) electrons. The highest BCUT2D eigenvalue weighted by molar-refractivity contribution is 8.00. The fraction of sp³-hybridized carbons (Fsp3) is 0.933. The zero-order valence-electron chi connectivity index (χ0n) is 12.7. The summed E-state index contributed by atoms with van der Waals surface area (Å²) in [5, 5.41) is 4.57. The molecular formula is C15H28N2OS. The number of piperidine rings is 1. The predicted octanol–water partition coefficient (Wildman–Crippen LogP) is 2.36. The fourth-order valence-electron chi connectivity index (χ4n) is 3.39. The molecule has 0 aromatic rings. The van der Waals surface area contributed by atoms with Gasteiger partial charge < -0.3 is 10.2 Å². The van der Waals surface area contributed by atoms with Gasteiger partial charge in [-0.3, -0.25) is 4.79 Å². The van der Waals surface area contributed by atoms with E-state index in [1.807, 2.05) is 11.8 Å². The lowest BCUT2D eigenvalue weighted by atomic mass is 9.74. The molecule has 2 aliphatic rings. The second kappa shape index (κ2) is 6.04. The number of carbonyl (C=O) groups excluding carboxylic acids is 1. The van der Waals surface area contributed by atoms with Gasteiger partial charge in [-0.25, -0.2) is 0 Å². The molecule has 3 nitrogen and oxygen atoms in total. The Kier molecular flexibility index (Phi) is 4.83. The second-order valence-electron chi connectivity index (χ2n) is 6.73. The Morgan fingerprint density at radius 2 is 1.89 bits per heavy atom. The van der Waals surface area contributed by atoms with Crippen LogP contribution < -0.4 is 5.32 Å². The van der Waals surface area contributed by atoms with Crippen LogP contribution in [0.25, 0.3) is 0 Å². The summed E-state index contributed by atoms with van der Waals surface area (Å²) in [4.78, 5) is 15.0. The number of nitrogens with zero attached hydrogens (tertiary/aromatic N) is 1. The van der Waals surface area contributed by atoms with Crippen molar-refractivity contribution in [2.75, 3.05) is 26.2 Å². The van der Waals surface area contributed by atoms with Gasteiger partial charge in [0.25, 0.3) is 0 Å². The number of nitrogens with one attached hydrogen (secondary N) is 1. The summed E-state index contributed by atoms with van der Waals surface area (Å²) < 4.78 is 0. The van der Waals surface area contributed by atoms with Crippen LogP contribution in [-0.2, 0) is 4.79 Å². The molecule has 3 unspecified atom stereocenters. The van der Waals surface area contributed by atoms with E-state index in [-0.39, 0.29) is 5.41 Å². The van der Waals surface area contributed by atoms with Crippen LogP contribution in [0, 0.1) is 11.3 Å². The Hall–Kier alpha value is -0.220. The van der Waals surface area contributed by atoms with Crippen LogP contribution in [0.1, 0.15) is 40.5 Å². The van der Waals surface area contributed by atoms with Gasteiger partial charge in [0, 0.05) is 29.0 Å². The molecule has 0 aromatic carbocycles. The summed E-state index contributed by atoms with van der Waals surface area (Å²) in [5.74, 6) is 0.842. The van der Waals surface area contributed by atoms with Gasteiger partial charge in [-0.2, -0.15) is 11.8 Å². The predicted molar refractivity (Wildman–Crippen MR) is 82.5 cm³/mol. The molecule has 2 aliphatic heterocycles. The molecule has 0 aromatic heterocycles. The van der Waals surface area contributed by atoms with Gasteiger partial charge in [-0.1, -0.05) is 27.7 Å². The van der Waals surface area contributed by atoms with Crippen molar-refractivity contribution in [3.8, 4) is 0 Å². The molecule has 2 saturated heterocycles. The van der Waals surface area contributed by atoms with E-state index in [4.69, 9.17) is 0 Å². The molecule has 4 heteroatoms. The Labute approximate surface area is 121 Å². The molecule has 2 heterocycles. The van der Waals surface area contributed by atoms with Gasteiger partial charge in [-0.05, 0) is 31.8 Å². The van der Waals surface area contributed by atoms with E-state index in [2.05, 4.69) is 37.9 Å². The molecule has 1 amide bonds. The molecule has 0 bridgehead atoms. The SMILES string of the molecule is CC1CN(C(=O)C(C)(C)C2CCCNC2)CC(C)S1. The van der Waals surface area contributed by atoms with Crippen molar-refractivity contribution < 1.29 is 4.79 Å². The van der Waals surface area contributed by atoms with Gasteiger partial charge in [-0.15, -0.1) is 0 Å². The normalized spacial score (nSPS) is 33.3. The smallest absolute Gasteiger partial charge is 0.228 e. The van der Waals surface area contributed by atoms with Gasteiger partial charge in [0.1, 0.15) is 0 Å². The summed E-state index contributed by atoms with van der Waals surface area (Å²) in [7, 11) is 0. The lowest BCUT2D eigenvalue weighted by molar-refractivity contribution is -0.144. The number of rotatable bonds is 2. The van der Waals surface area contributed by atoms with Crippen LogP contribution in [0.15, 0.2) is 0 Å². The molecule has 110 valence electrons. The highest BCUT2D eigenvalue weighted by atomic mass is 32.2. The molecule has 19 heavy (non-hydrogen) atoms. The highest BCUT2D eigenvalue weighted by Gasteiger charge is 2.41. The van der Waals surface area contributed by atoms with Gasteiger partial charge >= 0.3 is 0 Å². The molecule has 1 N–H and O–H groups in total. The summed E-state index contributed by atoms with van der Waals surface area (Å²) in [6, 6.07) is 0. The number of amides is 1. The van der Waals surface area contributed by atoms with E-state index in [1.165, 1.54) is 12.8 Å². The third-order valence-electron chi connectivity index (χ3n) is 4.58. The first-order chi connectivity index (χ1) is 8.91. The number of carbonyl (C=O) groups is 1. The molecule has 3 atom stereocenters. The Bertz CT molecular complexity index is 316. The third kappa shape index (κ3) is 3.46. The largest absolute Gasteiger partial charge is 0.340 e. The third-order valence-corrected chi connectivity index (χ3v) is 5.80. The number of hydrogen-bond acceptors (Lipinski definition) is 3. The zero-order chi connectivity index (χ0) is 14.0. The van der Waals surface area contributed by atoms with E-state index in [1.54, 1.807) is 0 Å². The summed E-state index contributed by atoms with van der Waals surface area (Å²) >= 11 is 2.00. The lowest BCUT2D eigenvalue weighted by Crippen LogP contribution is -2.53. The van der Waals surface area contributed by atoms with Crippen LogP contribution in [0.4, 0.5) is 0 Å². The highest BCUT2D eigenvalue weighted by Crippen LogP contribution is 2.35. The first-order valence-electron chi connectivity index (χ1n) is 7.57. The standard InChI is InChI=1S/C15H28N2OS/c1-11-9-17(10-12(2)19-11)14(18)15(3,4)13-6-5-7-16-8-13/h11-13,16H,5-10H2,1-4H3.